The van der Waals surface area contributed by atoms with E-state index in [9.17, 15) is 0 Å². The summed E-state index contributed by atoms with van der Waals surface area (Å²) in [4.78, 5) is 0.237. The second-order valence-electron chi connectivity index (χ2n) is 11.8. The molecule has 0 unspecified atom stereocenters. The van der Waals surface area contributed by atoms with Crippen molar-refractivity contribution in [1.82, 2.24) is 0 Å². The van der Waals surface area contributed by atoms with Crippen LogP contribution in [0, 0.1) is 5.92 Å². The minimum Gasteiger partial charge on any atom is -0.414 e. The van der Waals surface area contributed by atoms with E-state index in [2.05, 4.69) is 87.1 Å². The lowest BCUT2D eigenvalue weighted by molar-refractivity contribution is -0.0881. The SMILES string of the molecule is CC(C)(C)[Si](C)(C)OC[C@@]1(C)O[C@@H]2[C@@H](Br)CO[C@@]23CCC[C@H](OCc2ccccc2)C[C@@H]31. The summed E-state index contributed by atoms with van der Waals surface area (Å²) in [5, 5.41) is 0.175. The van der Waals surface area contributed by atoms with E-state index in [4.69, 9.17) is 18.6 Å². The van der Waals surface area contributed by atoms with Gasteiger partial charge in [0.05, 0.1) is 36.4 Å². The van der Waals surface area contributed by atoms with Crippen LogP contribution in [0.3, 0.4) is 0 Å². The number of hydrogen-bond donors (Lipinski definition) is 0. The van der Waals surface area contributed by atoms with Crippen LogP contribution < -0.4 is 0 Å². The fourth-order valence-corrected chi connectivity index (χ4v) is 7.28. The van der Waals surface area contributed by atoms with Gasteiger partial charge in [-0.1, -0.05) is 67.0 Å². The average Bonchev–Trinajstić information content (AvgIpc) is 3.06. The topological polar surface area (TPSA) is 36.9 Å². The molecule has 4 nitrogen and oxygen atoms in total. The fourth-order valence-electron chi connectivity index (χ4n) is 5.51. The van der Waals surface area contributed by atoms with Gasteiger partial charge in [0.2, 0.25) is 0 Å². The van der Waals surface area contributed by atoms with Crippen LogP contribution in [0.5, 0.6) is 0 Å². The van der Waals surface area contributed by atoms with E-state index in [1.54, 1.807) is 0 Å². The summed E-state index contributed by atoms with van der Waals surface area (Å²) < 4.78 is 26.7. The molecule has 32 heavy (non-hydrogen) atoms. The molecule has 3 aliphatic rings. The number of alkyl halides is 1. The summed E-state index contributed by atoms with van der Waals surface area (Å²) in [5.74, 6) is 0.260. The van der Waals surface area contributed by atoms with Crippen LogP contribution >= 0.6 is 15.9 Å². The maximum Gasteiger partial charge on any atom is 0.192 e. The first-order chi connectivity index (χ1) is 15.0. The van der Waals surface area contributed by atoms with Gasteiger partial charge in [0.15, 0.2) is 8.32 Å². The third kappa shape index (κ3) is 4.65. The van der Waals surface area contributed by atoms with Gasteiger partial charge in [0, 0.05) is 5.92 Å². The van der Waals surface area contributed by atoms with Crippen molar-refractivity contribution in [3.8, 4) is 0 Å². The van der Waals surface area contributed by atoms with Gasteiger partial charge in [0.1, 0.15) is 11.7 Å². The molecule has 1 saturated carbocycles. The van der Waals surface area contributed by atoms with Crippen LogP contribution in [0.2, 0.25) is 18.1 Å². The van der Waals surface area contributed by atoms with Crippen molar-refractivity contribution in [3.05, 3.63) is 35.9 Å². The third-order valence-electron chi connectivity index (χ3n) is 8.49. The molecular formula is C26H41BrO4Si. The Balaban J connectivity index is 1.54. The Morgan fingerprint density at radius 1 is 1.19 bits per heavy atom. The highest BCUT2D eigenvalue weighted by atomic mass is 79.9. The van der Waals surface area contributed by atoms with Crippen molar-refractivity contribution < 1.29 is 18.6 Å². The van der Waals surface area contributed by atoms with E-state index in [1.807, 2.05) is 0 Å². The van der Waals surface area contributed by atoms with Gasteiger partial charge in [-0.2, -0.15) is 0 Å². The van der Waals surface area contributed by atoms with Crippen molar-refractivity contribution in [2.45, 2.75) is 106 Å². The molecule has 0 bridgehead atoms. The van der Waals surface area contributed by atoms with Gasteiger partial charge < -0.3 is 18.6 Å². The summed E-state index contributed by atoms with van der Waals surface area (Å²) in [5.41, 5.74) is 0.629. The van der Waals surface area contributed by atoms with Gasteiger partial charge >= 0.3 is 0 Å². The van der Waals surface area contributed by atoms with Crippen molar-refractivity contribution in [2.24, 2.45) is 5.92 Å². The van der Waals surface area contributed by atoms with Gasteiger partial charge in [-0.3, -0.25) is 0 Å². The van der Waals surface area contributed by atoms with Gasteiger partial charge in [-0.25, -0.2) is 0 Å². The predicted molar refractivity (Wildman–Crippen MR) is 135 cm³/mol. The van der Waals surface area contributed by atoms with Gasteiger partial charge in [-0.15, -0.1) is 0 Å². The maximum atomic E-state index is 6.87. The first-order valence-electron chi connectivity index (χ1n) is 12.2. The lowest BCUT2D eigenvalue weighted by Gasteiger charge is -2.42. The molecule has 2 heterocycles. The van der Waals surface area contributed by atoms with Crippen LogP contribution in [0.25, 0.3) is 0 Å². The Bertz CT molecular complexity index is 782. The summed E-state index contributed by atoms with van der Waals surface area (Å²) in [6, 6.07) is 10.5. The lowest BCUT2D eigenvalue weighted by Crippen LogP contribution is -2.51. The number of hydrogen-bond acceptors (Lipinski definition) is 4. The first kappa shape index (κ1) is 24.9. The quantitative estimate of drug-likeness (QED) is 0.315. The summed E-state index contributed by atoms with van der Waals surface area (Å²) in [6.07, 6.45) is 4.47. The predicted octanol–water partition coefficient (Wildman–Crippen LogP) is 6.47. The van der Waals surface area contributed by atoms with Gasteiger partial charge in [-0.05, 0) is 56.3 Å². The monoisotopic (exact) mass is 524 g/mol. The summed E-state index contributed by atoms with van der Waals surface area (Å²) in [7, 11) is -1.88. The lowest BCUT2D eigenvalue weighted by atomic mass is 9.74. The van der Waals surface area contributed by atoms with E-state index in [1.165, 1.54) is 5.56 Å². The largest absolute Gasteiger partial charge is 0.414 e. The fraction of sp³-hybridized carbons (Fsp3) is 0.769. The first-order valence-corrected chi connectivity index (χ1v) is 16.0. The standard InChI is InChI=1S/C26H41BrO4Si/c1-24(2,3)32(5,6)30-18-25(4)22-15-20(28-16-19-11-8-7-9-12-19)13-10-14-26(22)23(31-25)21(27)17-29-26/h7-9,11-12,20-23H,10,13-18H2,1-6H3/t20-,21-,22+,23+,25+,26+/m0/s1. The molecule has 1 aliphatic carbocycles. The zero-order chi connectivity index (χ0) is 23.2. The molecule has 0 radical (unpaired) electrons. The normalized spacial score (nSPS) is 37.7. The smallest absolute Gasteiger partial charge is 0.192 e. The molecule has 2 saturated heterocycles. The second-order valence-corrected chi connectivity index (χ2v) is 17.8. The highest BCUT2D eigenvalue weighted by Gasteiger charge is 2.67. The molecular weight excluding hydrogens is 484 g/mol. The van der Waals surface area contributed by atoms with E-state index >= 15 is 0 Å². The summed E-state index contributed by atoms with van der Waals surface area (Å²) >= 11 is 3.86. The van der Waals surface area contributed by atoms with E-state index < -0.39 is 8.32 Å². The van der Waals surface area contributed by atoms with Crippen LogP contribution in [-0.4, -0.2) is 49.8 Å². The molecule has 1 spiro atoms. The number of rotatable bonds is 6. The number of ether oxygens (including phenoxy) is 3. The Kier molecular flexibility index (Phi) is 7.06. The molecule has 0 aromatic heterocycles. The molecule has 2 aliphatic heterocycles. The Labute approximate surface area is 204 Å². The molecule has 1 aromatic carbocycles. The van der Waals surface area contributed by atoms with E-state index in [0.29, 0.717) is 13.2 Å². The molecule has 0 N–H and O–H groups in total. The third-order valence-corrected chi connectivity index (χ3v) is 13.7. The minimum atomic E-state index is -1.88. The van der Waals surface area contributed by atoms with Gasteiger partial charge in [0.25, 0.3) is 0 Å². The number of benzene rings is 1. The highest BCUT2D eigenvalue weighted by molar-refractivity contribution is 9.09. The molecule has 3 fully saturated rings. The Morgan fingerprint density at radius 3 is 2.59 bits per heavy atom. The van der Waals surface area contributed by atoms with Crippen LogP contribution in [0.15, 0.2) is 30.3 Å². The van der Waals surface area contributed by atoms with Crippen molar-refractivity contribution in [3.63, 3.8) is 0 Å². The van der Waals surface area contributed by atoms with Crippen molar-refractivity contribution in [1.29, 1.82) is 0 Å². The Morgan fingerprint density at radius 2 is 1.91 bits per heavy atom. The summed E-state index contributed by atoms with van der Waals surface area (Å²) in [6.45, 7) is 15.8. The molecule has 0 amide bonds. The van der Waals surface area contributed by atoms with E-state index in [0.717, 1.165) is 32.3 Å². The molecule has 6 heteroatoms. The van der Waals surface area contributed by atoms with Crippen molar-refractivity contribution >= 4 is 24.2 Å². The minimum absolute atomic E-state index is 0.0772. The Hall–Kier alpha value is -0.243. The van der Waals surface area contributed by atoms with Crippen LogP contribution in [0.4, 0.5) is 0 Å². The molecule has 4 rings (SSSR count). The van der Waals surface area contributed by atoms with Crippen LogP contribution in [0.1, 0.15) is 58.9 Å². The van der Waals surface area contributed by atoms with Crippen molar-refractivity contribution in [2.75, 3.05) is 13.2 Å². The highest BCUT2D eigenvalue weighted by Crippen LogP contribution is 2.57. The average molecular weight is 526 g/mol. The molecule has 6 atom stereocenters. The zero-order valence-corrected chi connectivity index (χ0v) is 23.2. The number of halogens is 1. The second kappa shape index (κ2) is 9.08. The maximum absolute atomic E-state index is 6.87. The molecule has 180 valence electrons. The van der Waals surface area contributed by atoms with Crippen LogP contribution in [-0.2, 0) is 25.2 Å². The zero-order valence-electron chi connectivity index (χ0n) is 20.7. The van der Waals surface area contributed by atoms with E-state index in [-0.39, 0.29) is 39.2 Å². The molecule has 1 aromatic rings.